The van der Waals surface area contributed by atoms with Gasteiger partial charge in [0.15, 0.2) is 11.6 Å². The van der Waals surface area contributed by atoms with Crippen molar-refractivity contribution in [1.29, 1.82) is 0 Å². The van der Waals surface area contributed by atoms with Crippen molar-refractivity contribution < 1.29 is 33.9 Å². The minimum Gasteiger partial charge on any atom is -0.391 e. The number of aliphatic hydroxyl groups is 1. The Morgan fingerprint density at radius 1 is 0.768 bits per heavy atom. The lowest BCUT2D eigenvalue weighted by molar-refractivity contribution is -0.138. The van der Waals surface area contributed by atoms with Gasteiger partial charge in [0.2, 0.25) is 18.2 Å². The first-order valence-corrected chi connectivity index (χ1v) is 25.4. The van der Waals surface area contributed by atoms with Gasteiger partial charge in [0.25, 0.3) is 0 Å². The molecule has 4 N–H and O–H groups in total. The fourth-order valence-electron chi connectivity index (χ4n) is 5.13. The zero-order valence-corrected chi connectivity index (χ0v) is 48.0. The van der Waals surface area contributed by atoms with Crippen molar-refractivity contribution in [1.82, 2.24) is 20.9 Å². The number of likely N-dealkylation sites (tertiary alicyclic amines) is 1. The van der Waals surface area contributed by atoms with E-state index in [1.807, 2.05) is 83.0 Å². The van der Waals surface area contributed by atoms with Crippen LogP contribution in [0.1, 0.15) is 199 Å². The SMILES string of the molecule is C=C(C)CC.C=O.CC.CC(=O)C(C)=O.CC(C)(C)O.CC(C)c1ccccc1.CC1CCCN1C(=O)C(NC(=O)Cc1ccccc1)C1CCCCC1.CCC.CCC(C)C.CNC.CNC=O. The summed E-state index contributed by atoms with van der Waals surface area (Å²) < 4.78 is 0. The van der Waals surface area contributed by atoms with Crippen LogP contribution >= 0.6 is 0 Å². The molecule has 2 fully saturated rings. The quantitative estimate of drug-likeness (QED) is 0.104. The van der Waals surface area contributed by atoms with Crippen molar-refractivity contribution >= 4 is 36.6 Å². The molecule has 0 bridgehead atoms. The highest BCUT2D eigenvalue weighted by Gasteiger charge is 2.36. The number of benzene rings is 2. The number of rotatable bonds is 10. The first kappa shape index (κ1) is 78.7. The molecule has 69 heavy (non-hydrogen) atoms. The van der Waals surface area contributed by atoms with Gasteiger partial charge in [-0.1, -0.05) is 168 Å². The molecule has 2 aliphatic rings. The fraction of sp³-hybridized carbons (Fsp3) is 0.655. The fourth-order valence-corrected chi connectivity index (χ4v) is 5.13. The van der Waals surface area contributed by atoms with Crippen LogP contribution in [0.4, 0.5) is 0 Å². The average Bonchev–Trinajstić information content (AvgIpc) is 3.76. The number of hydrogen-bond donors (Lipinski definition) is 4. The molecule has 2 aromatic rings. The van der Waals surface area contributed by atoms with Crippen LogP contribution in [0.15, 0.2) is 72.8 Å². The number of nitrogens with zero attached hydrogens (tertiary/aromatic N) is 1. The van der Waals surface area contributed by atoms with Gasteiger partial charge >= 0.3 is 0 Å². The maximum atomic E-state index is 13.2. The molecular formula is C58H108N4O7. The van der Waals surface area contributed by atoms with Crippen LogP contribution in [0.5, 0.6) is 0 Å². The van der Waals surface area contributed by atoms with Crippen LogP contribution in [-0.4, -0.2) is 92.0 Å². The molecule has 1 heterocycles. The number of amides is 3. The number of Topliss-reactive ketones (excluding diaryl/α,β-unsaturated/α-hetero) is 2. The van der Waals surface area contributed by atoms with Gasteiger partial charge in [-0.05, 0) is 110 Å². The second-order valence-corrected chi connectivity index (χ2v) is 18.2. The highest BCUT2D eigenvalue weighted by atomic mass is 16.3. The summed E-state index contributed by atoms with van der Waals surface area (Å²) in [6, 6.07) is 20.2. The molecule has 0 radical (unpaired) electrons. The molecule has 1 aliphatic heterocycles. The summed E-state index contributed by atoms with van der Waals surface area (Å²) in [5.74, 6) is 1.17. The molecule has 1 saturated carbocycles. The number of hydrogen-bond acceptors (Lipinski definition) is 8. The average molecular weight is 974 g/mol. The molecule has 11 heteroatoms. The molecule has 2 atom stereocenters. The van der Waals surface area contributed by atoms with Gasteiger partial charge in [-0.3, -0.25) is 24.0 Å². The lowest BCUT2D eigenvalue weighted by Gasteiger charge is -2.34. The van der Waals surface area contributed by atoms with Crippen molar-refractivity contribution in [3.8, 4) is 0 Å². The molecule has 0 aromatic heterocycles. The maximum Gasteiger partial charge on any atom is 0.245 e. The molecule has 2 aromatic carbocycles. The Labute approximate surface area is 425 Å². The number of ketones is 2. The number of allylic oxidation sites excluding steroid dienone is 1. The van der Waals surface area contributed by atoms with Gasteiger partial charge in [0, 0.05) is 33.5 Å². The highest BCUT2D eigenvalue weighted by molar-refractivity contribution is 6.35. The third kappa shape index (κ3) is 61.5. The lowest BCUT2D eigenvalue weighted by atomic mass is 9.83. The molecule has 402 valence electrons. The number of carbonyl (C=O) groups excluding carboxylic acids is 6. The van der Waals surface area contributed by atoms with Crippen molar-refractivity contribution in [3.05, 3.63) is 83.9 Å². The second kappa shape index (κ2) is 56.1. The molecule has 3 amide bonds. The van der Waals surface area contributed by atoms with Crippen LogP contribution < -0.4 is 16.0 Å². The smallest absolute Gasteiger partial charge is 0.245 e. The Morgan fingerprint density at radius 3 is 1.39 bits per heavy atom. The zero-order chi connectivity index (χ0) is 55.4. The van der Waals surface area contributed by atoms with Crippen LogP contribution in [-0.2, 0) is 35.2 Å². The Hall–Kier alpha value is -4.48. The van der Waals surface area contributed by atoms with E-state index in [2.05, 4.69) is 109 Å². The summed E-state index contributed by atoms with van der Waals surface area (Å²) in [5, 5.41) is 16.6. The first-order valence-electron chi connectivity index (χ1n) is 25.4. The van der Waals surface area contributed by atoms with Gasteiger partial charge in [-0.2, -0.15) is 0 Å². The van der Waals surface area contributed by atoms with Crippen LogP contribution in [0.25, 0.3) is 0 Å². The molecule has 4 rings (SSSR count). The van der Waals surface area contributed by atoms with E-state index in [-0.39, 0.29) is 35.3 Å². The van der Waals surface area contributed by atoms with Crippen LogP contribution in [0.2, 0.25) is 0 Å². The first-order chi connectivity index (χ1) is 32.4. The predicted octanol–water partition coefficient (Wildman–Crippen LogP) is 12.5. The van der Waals surface area contributed by atoms with Crippen molar-refractivity contribution in [3.63, 3.8) is 0 Å². The van der Waals surface area contributed by atoms with E-state index in [1.54, 1.807) is 27.8 Å². The van der Waals surface area contributed by atoms with Gasteiger partial charge in [-0.25, -0.2) is 0 Å². The Morgan fingerprint density at radius 2 is 1.13 bits per heavy atom. The van der Waals surface area contributed by atoms with Gasteiger partial charge in [0.05, 0.1) is 12.0 Å². The lowest BCUT2D eigenvalue weighted by Crippen LogP contribution is -2.53. The molecule has 11 nitrogen and oxygen atoms in total. The summed E-state index contributed by atoms with van der Waals surface area (Å²) in [7, 11) is 5.31. The largest absolute Gasteiger partial charge is 0.391 e. The molecule has 2 unspecified atom stereocenters. The standard InChI is InChI=1S/C21H30N2O2.C9H12.C5H12.C5H10.C4H6O2.C4H10O.C3H8.C2H5NO.C2H7N.C2H6.CH2O/c1-16-9-8-14-23(16)21(25)20(18-12-6-3-7-13-18)22-19(24)15-17-10-4-2-5-11-17;1-8(2)9-6-4-3-5-7-9;2*1-4-5(2)3;1-3(5)4(2)6;1-4(2,3)5;1-3-2;1-3-2-4;1-3-2;2*1-2/h2,4-5,10-11,16,18,20H,3,6-9,12-15H2,1H3,(H,22,24);3-8H,1-2H3;5H,4H2,1-3H3;2,4H2,1,3H3;1-2H3;5H,1-3H3;3H2,1-2H3;2H,1H3,(H,3,4);3H,1-2H3;1-2H3;1H2. The van der Waals surface area contributed by atoms with E-state index >= 15 is 0 Å². The van der Waals surface area contributed by atoms with E-state index in [0.717, 1.165) is 50.1 Å². The summed E-state index contributed by atoms with van der Waals surface area (Å²) in [6.07, 6.45) is 12.4. The highest BCUT2D eigenvalue weighted by Crippen LogP contribution is 2.29. The van der Waals surface area contributed by atoms with Crippen LogP contribution in [0, 0.1) is 11.8 Å². The van der Waals surface area contributed by atoms with Crippen molar-refractivity contribution in [2.75, 3.05) is 27.7 Å². The molecule has 0 spiro atoms. The predicted molar refractivity (Wildman–Crippen MR) is 298 cm³/mol. The van der Waals surface area contributed by atoms with Crippen molar-refractivity contribution in [2.45, 2.75) is 212 Å². The number of carbonyl (C=O) groups is 6. The van der Waals surface area contributed by atoms with E-state index < -0.39 is 5.60 Å². The van der Waals surface area contributed by atoms with Gasteiger partial charge in [0.1, 0.15) is 12.8 Å². The molecule has 1 saturated heterocycles. The Bertz CT molecular complexity index is 1440. The minimum atomic E-state index is -0.500. The molecular weight excluding hydrogens is 865 g/mol. The van der Waals surface area contributed by atoms with E-state index in [1.165, 1.54) is 57.1 Å². The molecule has 1 aliphatic carbocycles. The van der Waals surface area contributed by atoms with E-state index in [4.69, 9.17) is 14.7 Å². The van der Waals surface area contributed by atoms with E-state index in [9.17, 15) is 19.2 Å². The van der Waals surface area contributed by atoms with Gasteiger partial charge < -0.3 is 30.8 Å². The summed E-state index contributed by atoms with van der Waals surface area (Å²) >= 11 is 0. The van der Waals surface area contributed by atoms with Crippen LogP contribution in [0.3, 0.4) is 0 Å². The second-order valence-electron chi connectivity index (χ2n) is 18.2. The minimum absolute atomic E-state index is 0.0398. The zero-order valence-electron chi connectivity index (χ0n) is 48.0. The Kier molecular flexibility index (Phi) is 64.0. The normalized spacial score (nSPS) is 13.3. The van der Waals surface area contributed by atoms with Gasteiger partial charge in [-0.15, -0.1) is 6.58 Å². The summed E-state index contributed by atoms with van der Waals surface area (Å²) in [4.78, 5) is 64.4. The number of nitrogens with one attached hydrogen (secondary N) is 3. The monoisotopic (exact) mass is 973 g/mol. The Balaban J connectivity index is -0.000000145. The topological polar surface area (TPSA) is 162 Å². The maximum absolute atomic E-state index is 13.2. The van der Waals surface area contributed by atoms with E-state index in [0.29, 0.717) is 24.8 Å². The summed E-state index contributed by atoms with van der Waals surface area (Å²) in [5.41, 5.74) is 3.16. The third-order valence-corrected chi connectivity index (χ3v) is 9.25. The van der Waals surface area contributed by atoms with Crippen molar-refractivity contribution in [2.24, 2.45) is 11.8 Å². The third-order valence-electron chi connectivity index (χ3n) is 9.25. The summed E-state index contributed by atoms with van der Waals surface area (Å²) in [6.45, 7) is 39.8.